The Morgan fingerprint density at radius 3 is 2.46 bits per heavy atom. The third-order valence-corrected chi connectivity index (χ3v) is 3.91. The van der Waals surface area contributed by atoms with Gasteiger partial charge in [0.2, 0.25) is 0 Å². The Labute approximate surface area is 167 Å². The smallest absolute Gasteiger partial charge is 0.341 e. The van der Waals surface area contributed by atoms with Crippen LogP contribution in [0.15, 0.2) is 35.4 Å². The highest BCUT2D eigenvalue weighted by Crippen LogP contribution is 2.36. The zero-order valence-corrected chi connectivity index (χ0v) is 16.4. The number of nitrogens with zero attached hydrogens (tertiary/aromatic N) is 1. The number of hydrazone groups is 1. The van der Waals surface area contributed by atoms with Gasteiger partial charge in [0, 0.05) is 0 Å². The summed E-state index contributed by atoms with van der Waals surface area (Å²) in [4.78, 5) is 10.7. The van der Waals surface area contributed by atoms with Gasteiger partial charge in [-0.25, -0.2) is 4.79 Å². The highest BCUT2D eigenvalue weighted by Gasteiger charge is 2.13. The fourth-order valence-electron chi connectivity index (χ4n) is 2.34. The number of carboxylic acid groups (broad SMARTS) is 1. The molecule has 0 spiro atoms. The van der Waals surface area contributed by atoms with E-state index in [9.17, 15) is 4.79 Å². The summed E-state index contributed by atoms with van der Waals surface area (Å²) in [7, 11) is 4.60. The zero-order valence-electron chi connectivity index (χ0n) is 15.7. The first-order valence-corrected chi connectivity index (χ1v) is 8.55. The molecule has 2 aromatic rings. The van der Waals surface area contributed by atoms with Crippen molar-refractivity contribution < 1.29 is 28.8 Å². The minimum atomic E-state index is -1.11. The number of aliphatic carboxylic acids is 1. The van der Waals surface area contributed by atoms with Crippen LogP contribution in [0.1, 0.15) is 11.1 Å². The van der Waals surface area contributed by atoms with E-state index in [4.69, 9.17) is 35.7 Å². The van der Waals surface area contributed by atoms with E-state index in [1.165, 1.54) is 7.11 Å². The molecule has 0 bridgehead atoms. The van der Waals surface area contributed by atoms with Gasteiger partial charge in [-0.15, -0.1) is 0 Å². The Balaban J connectivity index is 2.04. The first-order valence-electron chi connectivity index (χ1n) is 8.17. The number of rotatable bonds is 10. The van der Waals surface area contributed by atoms with E-state index < -0.39 is 12.6 Å². The maximum absolute atomic E-state index is 10.7. The number of hydrogen-bond donors (Lipinski definition) is 2. The lowest BCUT2D eigenvalue weighted by molar-refractivity contribution is -0.139. The second kappa shape index (κ2) is 10.3. The lowest BCUT2D eigenvalue weighted by Crippen LogP contribution is -2.10. The summed E-state index contributed by atoms with van der Waals surface area (Å²) >= 11 is 6.16. The Morgan fingerprint density at radius 1 is 1.11 bits per heavy atom. The average Bonchev–Trinajstić information content (AvgIpc) is 2.69. The van der Waals surface area contributed by atoms with Crippen molar-refractivity contribution in [3.8, 4) is 23.0 Å². The molecule has 0 amide bonds. The predicted molar refractivity (Wildman–Crippen MR) is 105 cm³/mol. The molecule has 0 aliphatic carbocycles. The molecule has 9 heteroatoms. The molecule has 0 atom stereocenters. The maximum Gasteiger partial charge on any atom is 0.341 e. The molecule has 150 valence electrons. The van der Waals surface area contributed by atoms with Crippen LogP contribution < -0.4 is 24.4 Å². The van der Waals surface area contributed by atoms with Gasteiger partial charge in [0.15, 0.2) is 29.6 Å². The number of benzene rings is 2. The van der Waals surface area contributed by atoms with Crippen LogP contribution in [0.3, 0.4) is 0 Å². The summed E-state index contributed by atoms with van der Waals surface area (Å²) in [5, 5.41) is 13.1. The van der Waals surface area contributed by atoms with Crippen LogP contribution in [0.5, 0.6) is 23.0 Å². The maximum atomic E-state index is 10.7. The molecule has 0 radical (unpaired) electrons. The minimum absolute atomic E-state index is 0.169. The summed E-state index contributed by atoms with van der Waals surface area (Å²) < 4.78 is 20.8. The minimum Gasteiger partial charge on any atom is -0.493 e. The molecule has 0 aliphatic rings. The van der Waals surface area contributed by atoms with Crippen molar-refractivity contribution in [2.24, 2.45) is 5.10 Å². The second-order valence-electron chi connectivity index (χ2n) is 5.50. The molecule has 28 heavy (non-hydrogen) atoms. The van der Waals surface area contributed by atoms with Crippen molar-refractivity contribution in [1.29, 1.82) is 0 Å². The van der Waals surface area contributed by atoms with Gasteiger partial charge in [-0.05, 0) is 35.4 Å². The number of ether oxygens (including phenoxy) is 4. The van der Waals surface area contributed by atoms with E-state index in [2.05, 4.69) is 10.5 Å². The van der Waals surface area contributed by atoms with Gasteiger partial charge in [-0.2, -0.15) is 5.10 Å². The normalized spacial score (nSPS) is 10.6. The standard InChI is InChI=1S/C19H21ClN2O6/c1-25-15-5-4-12(7-16(15)26-2)9-21-22-10-13-6-14(20)19(17(8-13)27-3)28-11-18(23)24/h4-8,10,21H,9,11H2,1-3H3,(H,23,24)/b22-10-. The summed E-state index contributed by atoms with van der Waals surface area (Å²) in [5.74, 6) is 0.668. The molecule has 0 saturated carbocycles. The van der Waals surface area contributed by atoms with Crippen LogP contribution in [-0.2, 0) is 11.3 Å². The van der Waals surface area contributed by atoms with E-state index >= 15 is 0 Å². The van der Waals surface area contributed by atoms with Crippen LogP contribution in [0.2, 0.25) is 5.02 Å². The van der Waals surface area contributed by atoms with Gasteiger partial charge in [-0.1, -0.05) is 17.7 Å². The molecular formula is C19H21ClN2O6. The number of nitrogens with one attached hydrogen (secondary N) is 1. The molecule has 0 fully saturated rings. The monoisotopic (exact) mass is 408 g/mol. The topological polar surface area (TPSA) is 98.6 Å². The number of hydrogen-bond acceptors (Lipinski definition) is 7. The highest BCUT2D eigenvalue weighted by atomic mass is 35.5. The molecule has 0 aromatic heterocycles. The SMILES string of the molecule is COc1ccc(CN/N=C\c2cc(Cl)c(OCC(=O)O)c(OC)c2)cc1OC. The molecule has 0 saturated heterocycles. The van der Waals surface area contributed by atoms with Gasteiger partial charge >= 0.3 is 5.97 Å². The van der Waals surface area contributed by atoms with Crippen molar-refractivity contribution >= 4 is 23.8 Å². The van der Waals surface area contributed by atoms with Crippen LogP contribution in [0.25, 0.3) is 0 Å². The van der Waals surface area contributed by atoms with Crippen LogP contribution in [0.4, 0.5) is 0 Å². The van der Waals surface area contributed by atoms with Gasteiger partial charge < -0.3 is 29.5 Å². The molecule has 0 unspecified atom stereocenters. The van der Waals surface area contributed by atoms with E-state index in [0.717, 1.165) is 5.56 Å². The largest absolute Gasteiger partial charge is 0.493 e. The zero-order chi connectivity index (χ0) is 20.5. The summed E-state index contributed by atoms with van der Waals surface area (Å²) in [6.45, 7) is -0.0437. The van der Waals surface area contributed by atoms with E-state index in [1.54, 1.807) is 32.6 Å². The molecule has 2 N–H and O–H groups in total. The van der Waals surface area contributed by atoms with Crippen molar-refractivity contribution in [2.45, 2.75) is 6.54 Å². The average molecular weight is 409 g/mol. The molecule has 0 heterocycles. The van der Waals surface area contributed by atoms with E-state index in [0.29, 0.717) is 29.4 Å². The summed E-state index contributed by atoms with van der Waals surface area (Å²) in [6, 6.07) is 8.82. The van der Waals surface area contributed by atoms with E-state index in [-0.39, 0.29) is 10.8 Å². The highest BCUT2D eigenvalue weighted by molar-refractivity contribution is 6.32. The van der Waals surface area contributed by atoms with Gasteiger partial charge in [0.25, 0.3) is 0 Å². The van der Waals surface area contributed by atoms with E-state index in [1.807, 2.05) is 18.2 Å². The lowest BCUT2D eigenvalue weighted by atomic mass is 10.2. The number of methoxy groups -OCH3 is 3. The molecular weight excluding hydrogens is 388 g/mol. The van der Waals surface area contributed by atoms with Crippen LogP contribution in [-0.4, -0.2) is 45.2 Å². The number of carboxylic acids is 1. The Morgan fingerprint density at radius 2 is 1.82 bits per heavy atom. The van der Waals surface area contributed by atoms with Crippen molar-refractivity contribution in [2.75, 3.05) is 27.9 Å². The van der Waals surface area contributed by atoms with Crippen molar-refractivity contribution in [3.63, 3.8) is 0 Å². The fourth-order valence-corrected chi connectivity index (χ4v) is 2.61. The molecule has 2 aromatic carbocycles. The van der Waals surface area contributed by atoms with Gasteiger partial charge in [0.05, 0.1) is 39.1 Å². The Hall–Kier alpha value is -3.13. The lowest BCUT2D eigenvalue weighted by Gasteiger charge is -2.12. The first kappa shape index (κ1) is 21.2. The number of halogens is 1. The quantitative estimate of drug-likeness (QED) is 0.460. The molecule has 8 nitrogen and oxygen atoms in total. The van der Waals surface area contributed by atoms with Crippen LogP contribution >= 0.6 is 11.6 Å². The number of carbonyl (C=O) groups is 1. The molecule has 0 aliphatic heterocycles. The van der Waals surface area contributed by atoms with Crippen molar-refractivity contribution in [3.05, 3.63) is 46.5 Å². The third-order valence-electron chi connectivity index (χ3n) is 3.63. The Kier molecular flexibility index (Phi) is 7.76. The summed E-state index contributed by atoms with van der Waals surface area (Å²) in [6.07, 6.45) is 1.57. The Bertz CT molecular complexity index is 857. The predicted octanol–water partition coefficient (Wildman–Crippen LogP) is 2.95. The molecule has 2 rings (SSSR count). The fraction of sp³-hybridized carbons (Fsp3) is 0.263. The third kappa shape index (κ3) is 5.68. The van der Waals surface area contributed by atoms with Crippen LogP contribution in [0, 0.1) is 0 Å². The second-order valence-corrected chi connectivity index (χ2v) is 5.91. The van der Waals surface area contributed by atoms with Gasteiger partial charge in [-0.3, -0.25) is 0 Å². The summed E-state index contributed by atoms with van der Waals surface area (Å²) in [5.41, 5.74) is 4.55. The van der Waals surface area contributed by atoms with Gasteiger partial charge in [0.1, 0.15) is 0 Å². The van der Waals surface area contributed by atoms with Crippen molar-refractivity contribution in [1.82, 2.24) is 5.43 Å². The first-order chi connectivity index (χ1) is 13.5.